The SMILES string of the molecule is CC(CCN(C)C)NS(=O)(=O)c1cccc(CN)c1. The Morgan fingerprint density at radius 1 is 1.37 bits per heavy atom. The van der Waals surface area contributed by atoms with Crippen LogP contribution in [0.3, 0.4) is 0 Å². The molecule has 1 aromatic rings. The van der Waals surface area contributed by atoms with Gasteiger partial charge in [-0.25, -0.2) is 13.1 Å². The summed E-state index contributed by atoms with van der Waals surface area (Å²) in [5.41, 5.74) is 6.33. The van der Waals surface area contributed by atoms with E-state index in [-0.39, 0.29) is 10.9 Å². The van der Waals surface area contributed by atoms with E-state index in [0.717, 1.165) is 18.5 Å². The molecule has 0 amide bonds. The fourth-order valence-corrected chi connectivity index (χ4v) is 3.03. The van der Waals surface area contributed by atoms with Crippen LogP contribution in [0, 0.1) is 0 Å². The monoisotopic (exact) mass is 285 g/mol. The molecule has 0 bridgehead atoms. The third kappa shape index (κ3) is 5.28. The molecule has 19 heavy (non-hydrogen) atoms. The lowest BCUT2D eigenvalue weighted by molar-refractivity contribution is 0.379. The van der Waals surface area contributed by atoms with Crippen LogP contribution in [-0.2, 0) is 16.6 Å². The lowest BCUT2D eigenvalue weighted by Crippen LogP contribution is -2.34. The van der Waals surface area contributed by atoms with E-state index in [4.69, 9.17) is 5.73 Å². The lowest BCUT2D eigenvalue weighted by atomic mass is 10.2. The average molecular weight is 285 g/mol. The molecule has 0 fully saturated rings. The molecule has 0 heterocycles. The number of hydrogen-bond donors (Lipinski definition) is 2. The second-order valence-corrected chi connectivity index (χ2v) is 6.68. The molecule has 1 rings (SSSR count). The van der Waals surface area contributed by atoms with E-state index < -0.39 is 10.0 Å². The van der Waals surface area contributed by atoms with Gasteiger partial charge >= 0.3 is 0 Å². The van der Waals surface area contributed by atoms with Crippen molar-refractivity contribution >= 4 is 10.0 Å². The first-order valence-corrected chi connectivity index (χ1v) is 7.79. The third-order valence-electron chi connectivity index (χ3n) is 2.81. The summed E-state index contributed by atoms with van der Waals surface area (Å²) in [4.78, 5) is 2.30. The number of nitrogens with zero attached hydrogens (tertiary/aromatic N) is 1. The largest absolute Gasteiger partial charge is 0.326 e. The molecule has 6 heteroatoms. The Hall–Kier alpha value is -0.950. The van der Waals surface area contributed by atoms with E-state index in [1.807, 2.05) is 32.0 Å². The zero-order valence-electron chi connectivity index (χ0n) is 11.8. The smallest absolute Gasteiger partial charge is 0.240 e. The summed E-state index contributed by atoms with van der Waals surface area (Å²) in [6.45, 7) is 3.04. The molecular weight excluding hydrogens is 262 g/mol. The van der Waals surface area contributed by atoms with Crippen molar-refractivity contribution in [2.45, 2.75) is 30.8 Å². The van der Waals surface area contributed by atoms with Gasteiger partial charge in [0, 0.05) is 12.6 Å². The van der Waals surface area contributed by atoms with Gasteiger partial charge in [-0.2, -0.15) is 0 Å². The average Bonchev–Trinajstić information content (AvgIpc) is 2.36. The first-order valence-electron chi connectivity index (χ1n) is 6.31. The van der Waals surface area contributed by atoms with Gasteiger partial charge in [-0.05, 0) is 51.7 Å². The van der Waals surface area contributed by atoms with Gasteiger partial charge < -0.3 is 10.6 Å². The van der Waals surface area contributed by atoms with Crippen molar-refractivity contribution in [3.05, 3.63) is 29.8 Å². The van der Waals surface area contributed by atoms with Crippen molar-refractivity contribution in [1.29, 1.82) is 0 Å². The molecule has 0 saturated heterocycles. The van der Waals surface area contributed by atoms with E-state index in [0.29, 0.717) is 6.54 Å². The van der Waals surface area contributed by atoms with Gasteiger partial charge in [0.25, 0.3) is 0 Å². The zero-order valence-corrected chi connectivity index (χ0v) is 12.6. The van der Waals surface area contributed by atoms with Gasteiger partial charge in [-0.1, -0.05) is 12.1 Å². The van der Waals surface area contributed by atoms with E-state index >= 15 is 0 Å². The summed E-state index contributed by atoms with van der Waals surface area (Å²) >= 11 is 0. The van der Waals surface area contributed by atoms with Gasteiger partial charge in [0.1, 0.15) is 0 Å². The number of nitrogens with one attached hydrogen (secondary N) is 1. The molecule has 1 aromatic carbocycles. The summed E-state index contributed by atoms with van der Waals surface area (Å²) in [7, 11) is 0.464. The maximum absolute atomic E-state index is 12.2. The quantitative estimate of drug-likeness (QED) is 0.776. The summed E-state index contributed by atoms with van der Waals surface area (Å²) < 4.78 is 27.1. The van der Waals surface area contributed by atoms with E-state index in [1.165, 1.54) is 0 Å². The summed E-state index contributed by atoms with van der Waals surface area (Å²) in [6.07, 6.45) is 0.767. The summed E-state index contributed by atoms with van der Waals surface area (Å²) in [5.74, 6) is 0. The van der Waals surface area contributed by atoms with Crippen molar-refractivity contribution in [1.82, 2.24) is 9.62 Å². The van der Waals surface area contributed by atoms with Crippen molar-refractivity contribution in [2.75, 3.05) is 20.6 Å². The van der Waals surface area contributed by atoms with Crippen LogP contribution in [0.2, 0.25) is 0 Å². The number of benzene rings is 1. The van der Waals surface area contributed by atoms with Crippen LogP contribution in [0.15, 0.2) is 29.2 Å². The number of nitrogens with two attached hydrogens (primary N) is 1. The molecule has 108 valence electrons. The molecule has 3 N–H and O–H groups in total. The second kappa shape index (κ2) is 7.00. The second-order valence-electron chi connectivity index (χ2n) is 4.97. The zero-order chi connectivity index (χ0) is 14.5. The maximum Gasteiger partial charge on any atom is 0.240 e. The minimum atomic E-state index is -3.46. The highest BCUT2D eigenvalue weighted by Gasteiger charge is 2.17. The molecule has 0 saturated carbocycles. The third-order valence-corrected chi connectivity index (χ3v) is 4.40. The predicted molar refractivity (Wildman–Crippen MR) is 77.3 cm³/mol. The van der Waals surface area contributed by atoms with Gasteiger partial charge in [-0.3, -0.25) is 0 Å². The highest BCUT2D eigenvalue weighted by Crippen LogP contribution is 2.12. The van der Waals surface area contributed by atoms with Crippen LogP contribution in [0.4, 0.5) is 0 Å². The van der Waals surface area contributed by atoms with E-state index in [1.54, 1.807) is 18.2 Å². The molecule has 0 aromatic heterocycles. The Kier molecular flexibility index (Phi) is 5.93. The number of hydrogen-bond acceptors (Lipinski definition) is 4. The van der Waals surface area contributed by atoms with Crippen LogP contribution in [-0.4, -0.2) is 40.0 Å². The summed E-state index contributed by atoms with van der Waals surface area (Å²) in [5, 5.41) is 0. The van der Waals surface area contributed by atoms with Crippen LogP contribution < -0.4 is 10.5 Å². The van der Waals surface area contributed by atoms with Crippen LogP contribution >= 0.6 is 0 Å². The van der Waals surface area contributed by atoms with Crippen LogP contribution in [0.1, 0.15) is 18.9 Å². The van der Waals surface area contributed by atoms with E-state index in [2.05, 4.69) is 4.72 Å². The molecule has 0 aliphatic heterocycles. The topological polar surface area (TPSA) is 75.4 Å². The molecule has 5 nitrogen and oxygen atoms in total. The summed E-state index contributed by atoms with van der Waals surface area (Å²) in [6, 6.07) is 6.62. The van der Waals surface area contributed by atoms with Crippen LogP contribution in [0.25, 0.3) is 0 Å². The van der Waals surface area contributed by atoms with Gasteiger partial charge in [0.15, 0.2) is 0 Å². The minimum Gasteiger partial charge on any atom is -0.326 e. The Balaban J connectivity index is 2.74. The Morgan fingerprint density at radius 2 is 2.05 bits per heavy atom. The lowest BCUT2D eigenvalue weighted by Gasteiger charge is -2.17. The van der Waals surface area contributed by atoms with Crippen molar-refractivity contribution in [3.8, 4) is 0 Å². The molecule has 0 aliphatic carbocycles. The molecule has 0 aliphatic rings. The predicted octanol–water partition coefficient (Wildman–Crippen LogP) is 0.764. The van der Waals surface area contributed by atoms with Gasteiger partial charge in [-0.15, -0.1) is 0 Å². The van der Waals surface area contributed by atoms with Gasteiger partial charge in [0.2, 0.25) is 10.0 Å². The van der Waals surface area contributed by atoms with Crippen LogP contribution in [0.5, 0.6) is 0 Å². The van der Waals surface area contributed by atoms with Crippen molar-refractivity contribution < 1.29 is 8.42 Å². The first-order chi connectivity index (χ1) is 8.85. The number of rotatable bonds is 7. The molecule has 0 radical (unpaired) electrons. The Labute approximate surface area is 115 Å². The molecule has 0 spiro atoms. The van der Waals surface area contributed by atoms with Crippen molar-refractivity contribution in [2.24, 2.45) is 5.73 Å². The standard InChI is InChI=1S/C13H23N3O2S/c1-11(7-8-16(2)3)15-19(17,18)13-6-4-5-12(9-13)10-14/h4-6,9,11,15H,7-8,10,14H2,1-3H3. The minimum absolute atomic E-state index is 0.103. The van der Waals surface area contributed by atoms with Crippen molar-refractivity contribution in [3.63, 3.8) is 0 Å². The van der Waals surface area contributed by atoms with E-state index in [9.17, 15) is 8.42 Å². The Bertz CT molecular complexity index is 500. The maximum atomic E-state index is 12.2. The van der Waals surface area contributed by atoms with Gasteiger partial charge in [0.05, 0.1) is 4.90 Å². The molecule has 1 unspecified atom stereocenters. The Morgan fingerprint density at radius 3 is 2.63 bits per heavy atom. The highest BCUT2D eigenvalue weighted by molar-refractivity contribution is 7.89. The fraction of sp³-hybridized carbons (Fsp3) is 0.538. The molecular formula is C13H23N3O2S. The number of sulfonamides is 1. The highest BCUT2D eigenvalue weighted by atomic mass is 32.2. The molecule has 1 atom stereocenters. The fourth-order valence-electron chi connectivity index (χ4n) is 1.68. The first kappa shape index (κ1) is 16.1. The normalized spacial score (nSPS) is 13.7.